The molecule has 0 spiro atoms. The van der Waals surface area contributed by atoms with E-state index in [0.717, 1.165) is 16.6 Å². The molecule has 0 radical (unpaired) electrons. The van der Waals surface area contributed by atoms with Gasteiger partial charge in [-0.25, -0.2) is 4.98 Å². The van der Waals surface area contributed by atoms with Crippen molar-refractivity contribution in [1.82, 2.24) is 9.55 Å². The standard InChI is InChI=1S/C21H16N2O3/c24-18-12-6-2-8-14(18)19(25)21(26)15-9-3-1-7-13(15)20-22-16-10-4-5-11-17(16)23(20)21/h1-12,19,24-26H/t19-,21+/m1/s1. The van der Waals surface area contributed by atoms with E-state index in [1.165, 1.54) is 6.07 Å². The molecule has 128 valence electrons. The second-order valence-corrected chi connectivity index (χ2v) is 6.49. The lowest BCUT2D eigenvalue weighted by atomic mass is 9.90. The molecule has 1 aromatic heterocycles. The molecule has 4 aromatic rings. The van der Waals surface area contributed by atoms with Crippen molar-refractivity contribution < 1.29 is 15.3 Å². The maximum atomic E-state index is 11.8. The van der Waals surface area contributed by atoms with Crippen molar-refractivity contribution in [2.45, 2.75) is 11.8 Å². The lowest BCUT2D eigenvalue weighted by molar-refractivity contribution is -0.0978. The summed E-state index contributed by atoms with van der Waals surface area (Å²) < 4.78 is 1.66. The highest BCUT2D eigenvalue weighted by atomic mass is 16.4. The molecule has 0 amide bonds. The van der Waals surface area contributed by atoms with Gasteiger partial charge in [-0.05, 0) is 18.2 Å². The summed E-state index contributed by atoms with van der Waals surface area (Å²) in [5.41, 5.74) is 1.26. The van der Waals surface area contributed by atoms with Gasteiger partial charge in [-0.3, -0.25) is 4.57 Å². The van der Waals surface area contributed by atoms with Gasteiger partial charge in [0, 0.05) is 16.7 Å². The monoisotopic (exact) mass is 344 g/mol. The molecule has 2 heterocycles. The number of phenols is 1. The van der Waals surface area contributed by atoms with E-state index in [4.69, 9.17) is 0 Å². The molecule has 0 aliphatic carbocycles. The summed E-state index contributed by atoms with van der Waals surface area (Å²) >= 11 is 0. The first-order chi connectivity index (χ1) is 12.6. The molecule has 0 saturated carbocycles. The average molecular weight is 344 g/mol. The van der Waals surface area contributed by atoms with Crippen LogP contribution in [0.3, 0.4) is 0 Å². The van der Waals surface area contributed by atoms with Crippen LogP contribution in [0.2, 0.25) is 0 Å². The predicted octanol–water partition coefficient (Wildman–Crippen LogP) is 3.15. The third-order valence-electron chi connectivity index (χ3n) is 5.08. The largest absolute Gasteiger partial charge is 0.508 e. The maximum Gasteiger partial charge on any atom is 0.201 e. The Labute approximate surface area is 149 Å². The first-order valence-electron chi connectivity index (χ1n) is 8.38. The topological polar surface area (TPSA) is 78.5 Å². The summed E-state index contributed by atoms with van der Waals surface area (Å²) in [4.78, 5) is 4.66. The lowest BCUT2D eigenvalue weighted by Gasteiger charge is -2.33. The van der Waals surface area contributed by atoms with Gasteiger partial charge in [0.25, 0.3) is 0 Å². The van der Waals surface area contributed by atoms with Crippen LogP contribution in [0, 0.1) is 0 Å². The summed E-state index contributed by atoms with van der Waals surface area (Å²) in [7, 11) is 0. The third-order valence-corrected chi connectivity index (χ3v) is 5.08. The number of aliphatic hydroxyl groups excluding tert-OH is 1. The van der Waals surface area contributed by atoms with E-state index in [0.29, 0.717) is 11.4 Å². The molecule has 0 fully saturated rings. The van der Waals surface area contributed by atoms with Gasteiger partial charge in [0.05, 0.1) is 11.0 Å². The van der Waals surface area contributed by atoms with E-state index >= 15 is 0 Å². The Kier molecular flexibility index (Phi) is 3.01. The van der Waals surface area contributed by atoms with Crippen molar-refractivity contribution in [3.8, 4) is 17.1 Å². The second kappa shape index (κ2) is 5.17. The van der Waals surface area contributed by atoms with Crippen molar-refractivity contribution in [3.63, 3.8) is 0 Å². The number of hydrogen-bond donors (Lipinski definition) is 3. The number of fused-ring (bicyclic) bond motifs is 5. The number of aromatic nitrogens is 2. The zero-order valence-corrected chi connectivity index (χ0v) is 13.7. The van der Waals surface area contributed by atoms with Crippen LogP contribution in [0.15, 0.2) is 72.8 Å². The first kappa shape index (κ1) is 15.1. The number of hydrogen-bond acceptors (Lipinski definition) is 4. The summed E-state index contributed by atoms with van der Waals surface area (Å²) in [5.74, 6) is 0.530. The Morgan fingerprint density at radius 1 is 0.885 bits per heavy atom. The zero-order valence-electron chi connectivity index (χ0n) is 13.7. The number of nitrogens with zero attached hydrogens (tertiary/aromatic N) is 2. The van der Waals surface area contributed by atoms with Crippen molar-refractivity contribution in [2.75, 3.05) is 0 Å². The lowest BCUT2D eigenvalue weighted by Crippen LogP contribution is -2.38. The highest BCUT2D eigenvalue weighted by Crippen LogP contribution is 2.50. The minimum absolute atomic E-state index is 0.0659. The van der Waals surface area contributed by atoms with Crippen LogP contribution in [0.5, 0.6) is 5.75 Å². The molecule has 26 heavy (non-hydrogen) atoms. The van der Waals surface area contributed by atoms with E-state index in [-0.39, 0.29) is 11.3 Å². The van der Waals surface area contributed by atoms with Crippen molar-refractivity contribution in [1.29, 1.82) is 0 Å². The molecule has 3 N–H and O–H groups in total. The Bertz CT molecular complexity index is 1150. The molecule has 5 heteroatoms. The van der Waals surface area contributed by atoms with E-state index in [9.17, 15) is 15.3 Å². The molecular weight excluding hydrogens is 328 g/mol. The van der Waals surface area contributed by atoms with Crippen molar-refractivity contribution in [3.05, 3.63) is 83.9 Å². The van der Waals surface area contributed by atoms with Gasteiger partial charge < -0.3 is 15.3 Å². The molecule has 1 aliphatic rings. The van der Waals surface area contributed by atoms with Gasteiger partial charge >= 0.3 is 0 Å². The number of aromatic hydroxyl groups is 1. The van der Waals surface area contributed by atoms with E-state index in [1.54, 1.807) is 28.8 Å². The van der Waals surface area contributed by atoms with Crippen LogP contribution in [0.25, 0.3) is 22.4 Å². The average Bonchev–Trinajstić information content (AvgIpc) is 3.17. The quantitative estimate of drug-likeness (QED) is 0.522. The van der Waals surface area contributed by atoms with E-state index in [2.05, 4.69) is 4.98 Å². The smallest absolute Gasteiger partial charge is 0.201 e. The molecule has 5 rings (SSSR count). The minimum atomic E-state index is -1.78. The fourth-order valence-corrected chi connectivity index (χ4v) is 3.88. The van der Waals surface area contributed by atoms with Gasteiger partial charge in [0.15, 0.2) is 0 Å². The number of aliphatic hydroxyl groups is 2. The van der Waals surface area contributed by atoms with Gasteiger partial charge in [-0.1, -0.05) is 54.6 Å². The molecule has 0 saturated heterocycles. The first-order valence-corrected chi connectivity index (χ1v) is 8.38. The number of benzene rings is 3. The second-order valence-electron chi connectivity index (χ2n) is 6.49. The van der Waals surface area contributed by atoms with Gasteiger partial charge in [-0.2, -0.15) is 0 Å². The van der Waals surface area contributed by atoms with Crippen LogP contribution in [0.1, 0.15) is 17.2 Å². The summed E-state index contributed by atoms with van der Waals surface area (Å²) in [6.45, 7) is 0. The SMILES string of the molecule is Oc1ccccc1[C@@H](O)[C@@]1(O)c2ccccc2-c2nc3ccccc3n21. The van der Waals surface area contributed by atoms with Crippen LogP contribution in [-0.2, 0) is 5.72 Å². The number of para-hydroxylation sites is 3. The minimum Gasteiger partial charge on any atom is -0.508 e. The van der Waals surface area contributed by atoms with E-state index in [1.807, 2.05) is 42.5 Å². The number of rotatable bonds is 2. The summed E-state index contributed by atoms with van der Waals surface area (Å²) in [6.07, 6.45) is -1.37. The van der Waals surface area contributed by atoms with E-state index < -0.39 is 11.8 Å². The maximum absolute atomic E-state index is 11.8. The normalized spacial score (nSPS) is 19.3. The zero-order chi connectivity index (χ0) is 17.9. The number of imidazole rings is 1. The van der Waals surface area contributed by atoms with Crippen molar-refractivity contribution >= 4 is 11.0 Å². The van der Waals surface area contributed by atoms with Crippen LogP contribution < -0.4 is 0 Å². The van der Waals surface area contributed by atoms with Gasteiger partial charge in [-0.15, -0.1) is 0 Å². The molecule has 1 aliphatic heterocycles. The molecule has 5 nitrogen and oxygen atoms in total. The summed E-state index contributed by atoms with van der Waals surface area (Å²) in [6, 6.07) is 21.3. The van der Waals surface area contributed by atoms with Crippen LogP contribution >= 0.6 is 0 Å². The van der Waals surface area contributed by atoms with Crippen molar-refractivity contribution in [2.24, 2.45) is 0 Å². The fraction of sp³-hybridized carbons (Fsp3) is 0.0952. The highest BCUT2D eigenvalue weighted by Gasteiger charge is 2.49. The third kappa shape index (κ3) is 1.78. The predicted molar refractivity (Wildman–Crippen MR) is 97.5 cm³/mol. The Balaban J connectivity index is 1.85. The molecular formula is C21H16N2O3. The molecule has 2 atom stereocenters. The molecule has 3 aromatic carbocycles. The van der Waals surface area contributed by atoms with Gasteiger partial charge in [0.2, 0.25) is 5.72 Å². The van der Waals surface area contributed by atoms with Gasteiger partial charge in [0.1, 0.15) is 17.7 Å². The number of phenolic OH excluding ortho intramolecular Hbond substituents is 1. The Morgan fingerprint density at radius 2 is 1.58 bits per heavy atom. The van der Waals surface area contributed by atoms with Crippen LogP contribution in [0.4, 0.5) is 0 Å². The summed E-state index contributed by atoms with van der Waals surface area (Å²) in [5, 5.41) is 33.2. The molecule has 0 unspecified atom stereocenters. The molecule has 0 bridgehead atoms. The Morgan fingerprint density at radius 3 is 2.42 bits per heavy atom. The Hall–Kier alpha value is -3.15. The fourth-order valence-electron chi connectivity index (χ4n) is 3.88. The highest BCUT2D eigenvalue weighted by molar-refractivity contribution is 5.85. The van der Waals surface area contributed by atoms with Crippen LogP contribution in [-0.4, -0.2) is 24.9 Å².